The summed E-state index contributed by atoms with van der Waals surface area (Å²) in [5, 5.41) is 6.35. The fourth-order valence-corrected chi connectivity index (χ4v) is 5.27. The SMILES string of the molecule is CCc1ccc(N[C@H]2NC(=O)/C(=C/c3cc(I)c(OCc4ccc(C)cc4)c(OC)c3)S2)cc1. The van der Waals surface area contributed by atoms with E-state index in [2.05, 4.69) is 83.5 Å². The molecule has 1 aliphatic heterocycles. The maximum atomic E-state index is 12.6. The van der Waals surface area contributed by atoms with E-state index in [1.165, 1.54) is 22.9 Å². The van der Waals surface area contributed by atoms with Crippen molar-refractivity contribution in [1.29, 1.82) is 0 Å². The number of thioether (sulfide) groups is 1. The van der Waals surface area contributed by atoms with E-state index in [4.69, 9.17) is 9.47 Å². The standard InChI is InChI=1S/C27H27IN2O3S/c1-4-18-9-11-21(12-10-18)29-27-30-26(31)24(34-27)15-20-13-22(28)25(23(14-20)32-3)33-16-19-7-5-17(2)6-8-19/h5-15,27,29H,4,16H2,1-3H3,(H,30,31)/b24-15-/t27-/m0/s1. The second kappa shape index (κ2) is 11.2. The summed E-state index contributed by atoms with van der Waals surface area (Å²) in [7, 11) is 1.63. The summed E-state index contributed by atoms with van der Waals surface area (Å²) >= 11 is 3.71. The Morgan fingerprint density at radius 3 is 2.47 bits per heavy atom. The lowest BCUT2D eigenvalue weighted by atomic mass is 10.1. The third kappa shape index (κ3) is 6.07. The average molecular weight is 586 g/mol. The Balaban J connectivity index is 1.46. The van der Waals surface area contributed by atoms with E-state index < -0.39 is 0 Å². The number of methoxy groups -OCH3 is 1. The van der Waals surface area contributed by atoms with Crippen LogP contribution in [0.2, 0.25) is 0 Å². The highest BCUT2D eigenvalue weighted by molar-refractivity contribution is 14.1. The molecule has 2 N–H and O–H groups in total. The molecule has 3 aromatic rings. The average Bonchev–Trinajstić information content (AvgIpc) is 3.17. The molecule has 0 radical (unpaired) electrons. The van der Waals surface area contributed by atoms with E-state index in [-0.39, 0.29) is 11.4 Å². The lowest BCUT2D eigenvalue weighted by Crippen LogP contribution is -2.30. The monoisotopic (exact) mass is 586 g/mol. The Labute approximate surface area is 218 Å². The number of hydrogen-bond donors (Lipinski definition) is 2. The smallest absolute Gasteiger partial charge is 0.260 e. The van der Waals surface area contributed by atoms with E-state index in [0.717, 1.165) is 26.8 Å². The summed E-state index contributed by atoms with van der Waals surface area (Å²) in [5.74, 6) is 1.24. The number of benzene rings is 3. The molecule has 176 valence electrons. The number of aryl methyl sites for hydroxylation is 2. The molecule has 3 aromatic carbocycles. The van der Waals surface area contributed by atoms with Gasteiger partial charge in [-0.15, -0.1) is 0 Å². The van der Waals surface area contributed by atoms with Gasteiger partial charge in [-0.1, -0.05) is 60.6 Å². The number of ether oxygens (including phenoxy) is 2. The Kier molecular flexibility index (Phi) is 8.05. The molecular formula is C27H27IN2O3S. The number of carbonyl (C=O) groups is 1. The van der Waals surface area contributed by atoms with Crippen LogP contribution in [0, 0.1) is 10.5 Å². The lowest BCUT2D eigenvalue weighted by Gasteiger charge is -2.14. The highest BCUT2D eigenvalue weighted by Gasteiger charge is 2.27. The molecule has 0 saturated carbocycles. The third-order valence-electron chi connectivity index (χ3n) is 5.44. The Bertz CT molecular complexity index is 1190. The summed E-state index contributed by atoms with van der Waals surface area (Å²) in [5.41, 5.74) is 5.23. The molecule has 1 aliphatic rings. The van der Waals surface area contributed by atoms with Gasteiger partial charge < -0.3 is 20.1 Å². The van der Waals surface area contributed by atoms with Gasteiger partial charge in [0.1, 0.15) is 6.61 Å². The van der Waals surface area contributed by atoms with Crippen molar-refractivity contribution in [3.63, 3.8) is 0 Å². The lowest BCUT2D eigenvalue weighted by molar-refractivity contribution is -0.116. The molecule has 1 fully saturated rings. The van der Waals surface area contributed by atoms with Gasteiger partial charge in [-0.2, -0.15) is 0 Å². The van der Waals surface area contributed by atoms with Crippen LogP contribution in [-0.2, 0) is 17.8 Å². The molecule has 1 saturated heterocycles. The van der Waals surface area contributed by atoms with Gasteiger partial charge in [0.2, 0.25) is 0 Å². The summed E-state index contributed by atoms with van der Waals surface area (Å²) in [6.45, 7) is 4.65. The fourth-order valence-electron chi connectivity index (χ4n) is 3.51. The minimum absolute atomic E-state index is 0.0960. The Morgan fingerprint density at radius 2 is 1.79 bits per heavy atom. The topological polar surface area (TPSA) is 59.6 Å². The van der Waals surface area contributed by atoms with Crippen LogP contribution in [0.3, 0.4) is 0 Å². The van der Waals surface area contributed by atoms with Gasteiger partial charge in [0, 0.05) is 5.69 Å². The largest absolute Gasteiger partial charge is 0.493 e. The molecule has 0 bridgehead atoms. The molecule has 1 heterocycles. The van der Waals surface area contributed by atoms with Gasteiger partial charge in [-0.25, -0.2) is 0 Å². The first-order chi connectivity index (χ1) is 16.4. The minimum Gasteiger partial charge on any atom is -0.493 e. The van der Waals surface area contributed by atoms with E-state index in [1.54, 1.807) is 7.11 Å². The zero-order chi connectivity index (χ0) is 24.1. The van der Waals surface area contributed by atoms with E-state index in [0.29, 0.717) is 23.0 Å². The normalized spacial score (nSPS) is 16.4. The van der Waals surface area contributed by atoms with Crippen molar-refractivity contribution >= 4 is 52.0 Å². The molecule has 4 rings (SSSR count). The summed E-state index contributed by atoms with van der Waals surface area (Å²) in [4.78, 5) is 13.2. The number of amides is 1. The molecular weight excluding hydrogens is 559 g/mol. The van der Waals surface area contributed by atoms with Crippen molar-refractivity contribution in [3.8, 4) is 11.5 Å². The van der Waals surface area contributed by atoms with Crippen molar-refractivity contribution in [3.05, 3.63) is 91.4 Å². The predicted octanol–water partition coefficient (Wildman–Crippen LogP) is 6.35. The van der Waals surface area contributed by atoms with Crippen LogP contribution in [0.5, 0.6) is 11.5 Å². The van der Waals surface area contributed by atoms with Crippen molar-refractivity contribution in [2.45, 2.75) is 32.4 Å². The Morgan fingerprint density at radius 1 is 1.09 bits per heavy atom. The molecule has 0 aliphatic carbocycles. The van der Waals surface area contributed by atoms with E-state index in [1.807, 2.05) is 30.3 Å². The first-order valence-corrected chi connectivity index (χ1v) is 13.0. The summed E-state index contributed by atoms with van der Waals surface area (Å²) < 4.78 is 12.6. The quantitative estimate of drug-likeness (QED) is 0.238. The second-order valence-corrected chi connectivity index (χ2v) is 10.3. The van der Waals surface area contributed by atoms with E-state index in [9.17, 15) is 4.79 Å². The molecule has 34 heavy (non-hydrogen) atoms. The van der Waals surface area contributed by atoms with Crippen LogP contribution in [0.15, 0.2) is 65.6 Å². The first kappa shape index (κ1) is 24.5. The highest BCUT2D eigenvalue weighted by atomic mass is 127. The highest BCUT2D eigenvalue weighted by Crippen LogP contribution is 2.37. The Hall–Kier alpha value is -2.65. The van der Waals surface area contributed by atoms with Crippen LogP contribution in [0.25, 0.3) is 6.08 Å². The van der Waals surface area contributed by atoms with Gasteiger partial charge >= 0.3 is 0 Å². The van der Waals surface area contributed by atoms with Crippen molar-refractivity contribution < 1.29 is 14.3 Å². The van der Waals surface area contributed by atoms with Crippen LogP contribution in [-0.4, -0.2) is 18.5 Å². The maximum absolute atomic E-state index is 12.6. The molecule has 0 spiro atoms. The third-order valence-corrected chi connectivity index (χ3v) is 7.27. The molecule has 1 atom stereocenters. The number of hydrogen-bond acceptors (Lipinski definition) is 5. The summed E-state index contributed by atoms with van der Waals surface area (Å²) in [6.07, 6.45) is 2.89. The summed E-state index contributed by atoms with van der Waals surface area (Å²) in [6, 6.07) is 20.4. The van der Waals surface area contributed by atoms with Crippen molar-refractivity contribution in [2.24, 2.45) is 0 Å². The van der Waals surface area contributed by atoms with Crippen molar-refractivity contribution in [2.75, 3.05) is 12.4 Å². The van der Waals surface area contributed by atoms with Crippen LogP contribution < -0.4 is 20.1 Å². The molecule has 0 unspecified atom stereocenters. The van der Waals surface area contributed by atoms with Gasteiger partial charge in [0.25, 0.3) is 5.91 Å². The van der Waals surface area contributed by atoms with Gasteiger partial charge in [-0.05, 0) is 83.0 Å². The maximum Gasteiger partial charge on any atom is 0.260 e. The molecule has 5 nitrogen and oxygen atoms in total. The van der Waals surface area contributed by atoms with Crippen LogP contribution in [0.4, 0.5) is 5.69 Å². The van der Waals surface area contributed by atoms with Crippen LogP contribution >= 0.6 is 34.4 Å². The number of carbonyl (C=O) groups excluding carboxylic acids is 1. The minimum atomic E-state index is -0.218. The van der Waals surface area contributed by atoms with Gasteiger partial charge in [0.15, 0.2) is 17.0 Å². The molecule has 1 amide bonds. The number of halogens is 1. The fraction of sp³-hybridized carbons (Fsp3) is 0.222. The zero-order valence-corrected chi connectivity index (χ0v) is 22.3. The molecule has 7 heteroatoms. The number of nitrogens with one attached hydrogen (secondary N) is 2. The van der Waals surface area contributed by atoms with E-state index >= 15 is 0 Å². The first-order valence-electron chi connectivity index (χ1n) is 11.1. The second-order valence-electron chi connectivity index (χ2n) is 7.98. The van der Waals surface area contributed by atoms with Crippen LogP contribution in [0.1, 0.15) is 29.2 Å². The van der Waals surface area contributed by atoms with Gasteiger partial charge in [-0.3, -0.25) is 4.79 Å². The zero-order valence-electron chi connectivity index (χ0n) is 19.4. The number of rotatable bonds is 8. The number of anilines is 1. The van der Waals surface area contributed by atoms with Gasteiger partial charge in [0.05, 0.1) is 15.6 Å². The predicted molar refractivity (Wildman–Crippen MR) is 148 cm³/mol. The van der Waals surface area contributed by atoms with Crippen molar-refractivity contribution in [1.82, 2.24) is 5.32 Å². The molecule has 0 aromatic heterocycles.